The van der Waals surface area contributed by atoms with Crippen molar-refractivity contribution < 1.29 is 23.1 Å². The molecule has 0 spiro atoms. The highest BCUT2D eigenvalue weighted by molar-refractivity contribution is 7.89. The van der Waals surface area contributed by atoms with Crippen LogP contribution >= 0.6 is 0 Å². The smallest absolute Gasteiger partial charge is 0.335 e. The number of sulfonamides is 1. The Labute approximate surface area is 140 Å². The Balaban J connectivity index is 1.97. The van der Waals surface area contributed by atoms with Crippen LogP contribution in [0.2, 0.25) is 0 Å². The number of carboxylic acid groups (broad SMARTS) is 1. The van der Waals surface area contributed by atoms with Crippen LogP contribution in [0.4, 0.5) is 0 Å². The number of fused-ring (bicyclic) bond motifs is 1. The predicted octanol–water partition coefficient (Wildman–Crippen LogP) is 2.36. The first-order valence-corrected chi connectivity index (χ1v) is 8.92. The molecule has 2 N–H and O–H groups in total. The normalized spacial score (nSPS) is 16.6. The van der Waals surface area contributed by atoms with E-state index in [1.807, 2.05) is 24.3 Å². The van der Waals surface area contributed by atoms with Crippen molar-refractivity contribution in [3.8, 4) is 5.75 Å². The number of methoxy groups -OCH3 is 1. The molecule has 2 aromatic carbocycles. The van der Waals surface area contributed by atoms with Crippen molar-refractivity contribution in [3.63, 3.8) is 0 Å². The van der Waals surface area contributed by atoms with Gasteiger partial charge in [-0.1, -0.05) is 24.3 Å². The van der Waals surface area contributed by atoms with Crippen molar-refractivity contribution in [2.45, 2.75) is 23.8 Å². The van der Waals surface area contributed by atoms with Gasteiger partial charge in [-0.15, -0.1) is 0 Å². The van der Waals surface area contributed by atoms with Gasteiger partial charge in [0.25, 0.3) is 0 Å². The van der Waals surface area contributed by atoms with Gasteiger partial charge in [-0.25, -0.2) is 17.9 Å². The number of aromatic carboxylic acids is 1. The molecule has 3 rings (SSSR count). The molecular weight excluding hydrogens is 330 g/mol. The maximum absolute atomic E-state index is 12.8. The fourth-order valence-corrected chi connectivity index (χ4v) is 4.39. The second kappa shape index (κ2) is 6.26. The molecule has 1 atom stereocenters. The second-order valence-electron chi connectivity index (χ2n) is 5.58. The van der Waals surface area contributed by atoms with E-state index in [-0.39, 0.29) is 22.3 Å². The first-order valence-electron chi connectivity index (χ1n) is 7.44. The van der Waals surface area contributed by atoms with Gasteiger partial charge in [-0.05, 0) is 42.2 Å². The number of ether oxygens (including phenoxy) is 1. The average Bonchev–Trinajstić information content (AvgIpc) is 2.96. The van der Waals surface area contributed by atoms with Gasteiger partial charge in [0.2, 0.25) is 10.0 Å². The Hall–Kier alpha value is -2.38. The lowest BCUT2D eigenvalue weighted by Crippen LogP contribution is -2.28. The van der Waals surface area contributed by atoms with E-state index in [1.54, 1.807) is 0 Å². The van der Waals surface area contributed by atoms with Gasteiger partial charge in [0.15, 0.2) is 0 Å². The Morgan fingerprint density at radius 2 is 2.00 bits per heavy atom. The largest absolute Gasteiger partial charge is 0.495 e. The third-order valence-corrected chi connectivity index (χ3v) is 5.62. The summed E-state index contributed by atoms with van der Waals surface area (Å²) in [6.45, 7) is 0. The molecule has 0 saturated heterocycles. The number of nitrogens with one attached hydrogen (secondary N) is 1. The van der Waals surface area contributed by atoms with E-state index < -0.39 is 16.0 Å². The molecule has 0 radical (unpaired) electrons. The van der Waals surface area contributed by atoms with Gasteiger partial charge in [0, 0.05) is 6.04 Å². The molecule has 126 valence electrons. The summed E-state index contributed by atoms with van der Waals surface area (Å²) in [6, 6.07) is 11.1. The molecule has 7 heteroatoms. The fraction of sp³-hybridized carbons (Fsp3) is 0.235. The SMILES string of the molecule is COc1ccc(C(=O)O)cc1S(=O)(=O)N[C@@H]1CCc2ccccc21. The highest BCUT2D eigenvalue weighted by Crippen LogP contribution is 2.33. The van der Waals surface area contributed by atoms with Crippen LogP contribution in [0.15, 0.2) is 47.4 Å². The molecule has 0 heterocycles. The standard InChI is InChI=1S/C17H17NO5S/c1-23-15-9-7-12(17(19)20)10-16(15)24(21,22)18-14-8-6-11-4-2-3-5-13(11)14/h2-5,7,9-10,14,18H,6,8H2,1H3,(H,19,20)/t14-/m1/s1. The summed E-state index contributed by atoms with van der Waals surface area (Å²) in [5, 5.41) is 9.10. The van der Waals surface area contributed by atoms with Crippen LogP contribution in [0.25, 0.3) is 0 Å². The topological polar surface area (TPSA) is 92.7 Å². The molecule has 0 fully saturated rings. The zero-order chi connectivity index (χ0) is 17.3. The minimum atomic E-state index is -3.92. The van der Waals surface area contributed by atoms with Crippen molar-refractivity contribution in [1.29, 1.82) is 0 Å². The third kappa shape index (κ3) is 3.00. The number of hydrogen-bond donors (Lipinski definition) is 2. The number of aryl methyl sites for hydroxylation is 1. The van der Waals surface area contributed by atoms with Crippen molar-refractivity contribution >= 4 is 16.0 Å². The summed E-state index contributed by atoms with van der Waals surface area (Å²) in [4.78, 5) is 11.0. The van der Waals surface area contributed by atoms with Crippen LogP contribution in [-0.2, 0) is 16.4 Å². The predicted molar refractivity (Wildman–Crippen MR) is 87.8 cm³/mol. The summed E-state index contributed by atoms with van der Waals surface area (Å²) in [6.07, 6.45) is 1.47. The van der Waals surface area contributed by atoms with Crippen molar-refractivity contribution in [2.75, 3.05) is 7.11 Å². The quantitative estimate of drug-likeness (QED) is 0.866. The molecule has 24 heavy (non-hydrogen) atoms. The molecule has 0 bridgehead atoms. The Kier molecular flexibility index (Phi) is 4.29. The lowest BCUT2D eigenvalue weighted by atomic mass is 10.1. The Bertz CT molecular complexity index is 892. The van der Waals surface area contributed by atoms with Crippen LogP contribution in [0.3, 0.4) is 0 Å². The van der Waals surface area contributed by atoms with Crippen LogP contribution in [-0.4, -0.2) is 26.6 Å². The van der Waals surface area contributed by atoms with Crippen molar-refractivity contribution in [3.05, 3.63) is 59.2 Å². The van der Waals surface area contributed by atoms with Crippen molar-refractivity contribution in [2.24, 2.45) is 0 Å². The molecule has 0 amide bonds. The van der Waals surface area contributed by atoms with Gasteiger partial charge >= 0.3 is 5.97 Å². The monoisotopic (exact) mass is 347 g/mol. The minimum absolute atomic E-state index is 0.108. The van der Waals surface area contributed by atoms with E-state index in [1.165, 1.54) is 19.2 Å². The minimum Gasteiger partial charge on any atom is -0.495 e. The molecule has 6 nitrogen and oxygen atoms in total. The van der Waals surface area contributed by atoms with E-state index in [0.717, 1.165) is 23.6 Å². The van der Waals surface area contributed by atoms with Gasteiger partial charge in [-0.2, -0.15) is 0 Å². The van der Waals surface area contributed by atoms with E-state index >= 15 is 0 Å². The van der Waals surface area contributed by atoms with Crippen molar-refractivity contribution in [1.82, 2.24) is 4.72 Å². The molecule has 0 unspecified atom stereocenters. The first kappa shape index (κ1) is 16.5. The van der Waals surface area contributed by atoms with E-state index in [4.69, 9.17) is 9.84 Å². The fourth-order valence-electron chi connectivity index (χ4n) is 2.95. The zero-order valence-electron chi connectivity index (χ0n) is 13.0. The Morgan fingerprint density at radius 1 is 1.25 bits per heavy atom. The number of hydrogen-bond acceptors (Lipinski definition) is 4. The maximum Gasteiger partial charge on any atom is 0.335 e. The average molecular weight is 347 g/mol. The summed E-state index contributed by atoms with van der Waals surface area (Å²) >= 11 is 0. The summed E-state index contributed by atoms with van der Waals surface area (Å²) in [5.41, 5.74) is 1.97. The highest BCUT2D eigenvalue weighted by atomic mass is 32.2. The Morgan fingerprint density at radius 3 is 2.71 bits per heavy atom. The van der Waals surface area contributed by atoms with Crippen LogP contribution < -0.4 is 9.46 Å². The van der Waals surface area contributed by atoms with Crippen LogP contribution in [0, 0.1) is 0 Å². The number of carbonyl (C=O) groups is 1. The molecule has 0 saturated carbocycles. The van der Waals surface area contributed by atoms with Gasteiger partial charge in [-0.3, -0.25) is 0 Å². The third-order valence-electron chi connectivity index (χ3n) is 4.13. The van der Waals surface area contributed by atoms with Crippen LogP contribution in [0.5, 0.6) is 5.75 Å². The number of carboxylic acids is 1. The molecule has 0 aromatic heterocycles. The lowest BCUT2D eigenvalue weighted by Gasteiger charge is -2.16. The zero-order valence-corrected chi connectivity index (χ0v) is 13.8. The number of benzene rings is 2. The van der Waals surface area contributed by atoms with E-state index in [9.17, 15) is 13.2 Å². The molecule has 1 aliphatic carbocycles. The summed E-state index contributed by atoms with van der Waals surface area (Å²) in [7, 11) is -2.58. The molecule has 0 aliphatic heterocycles. The first-order chi connectivity index (χ1) is 11.4. The summed E-state index contributed by atoms with van der Waals surface area (Å²) < 4.78 is 33.3. The van der Waals surface area contributed by atoms with Gasteiger partial charge in [0.1, 0.15) is 10.6 Å². The lowest BCUT2D eigenvalue weighted by molar-refractivity contribution is 0.0696. The van der Waals surface area contributed by atoms with E-state index in [2.05, 4.69) is 4.72 Å². The molecule has 1 aliphatic rings. The highest BCUT2D eigenvalue weighted by Gasteiger charge is 2.29. The number of rotatable bonds is 5. The maximum atomic E-state index is 12.8. The molecule has 2 aromatic rings. The summed E-state index contributed by atoms with van der Waals surface area (Å²) in [5.74, 6) is -1.08. The second-order valence-corrected chi connectivity index (χ2v) is 7.26. The van der Waals surface area contributed by atoms with Crippen LogP contribution in [0.1, 0.15) is 33.9 Å². The molecular formula is C17H17NO5S. The van der Waals surface area contributed by atoms with Gasteiger partial charge < -0.3 is 9.84 Å². The van der Waals surface area contributed by atoms with E-state index in [0.29, 0.717) is 6.42 Å². The van der Waals surface area contributed by atoms with Gasteiger partial charge in [0.05, 0.1) is 12.7 Å².